The fourth-order valence-corrected chi connectivity index (χ4v) is 5.02. The van der Waals surface area contributed by atoms with Gasteiger partial charge in [0.15, 0.2) is 0 Å². The van der Waals surface area contributed by atoms with Crippen LogP contribution in [0.5, 0.6) is 11.5 Å². The molecule has 2 heterocycles. The molecule has 0 saturated carbocycles. The Morgan fingerprint density at radius 3 is 1.05 bits per heavy atom. The van der Waals surface area contributed by atoms with Crippen LogP contribution >= 0.6 is 0 Å². The highest BCUT2D eigenvalue weighted by molar-refractivity contribution is 6.42. The lowest BCUT2D eigenvalue weighted by atomic mass is 9.85. The molecule has 4 amide bonds. The number of carboxylic acids is 2. The van der Waals surface area contributed by atoms with Gasteiger partial charge >= 0.3 is 11.9 Å². The lowest BCUT2D eigenvalue weighted by Crippen LogP contribution is -2.43. The van der Waals surface area contributed by atoms with Crippen LogP contribution in [0.25, 0.3) is 10.8 Å². The molecular formula is C28H14N2O10. The quantitative estimate of drug-likeness (QED) is 0.281. The average molecular weight is 538 g/mol. The molecule has 12 heteroatoms. The van der Waals surface area contributed by atoms with Gasteiger partial charge in [-0.1, -0.05) is 0 Å². The summed E-state index contributed by atoms with van der Waals surface area (Å²) < 4.78 is 0. The third kappa shape index (κ3) is 3.19. The topological polar surface area (TPSA) is 190 Å². The molecule has 2 aliphatic heterocycles. The lowest BCUT2D eigenvalue weighted by Gasteiger charge is -2.32. The zero-order valence-corrected chi connectivity index (χ0v) is 19.9. The van der Waals surface area contributed by atoms with Crippen LogP contribution in [0.3, 0.4) is 0 Å². The number of hydrogen-bond acceptors (Lipinski definition) is 8. The molecule has 4 aromatic rings. The zero-order chi connectivity index (χ0) is 28.6. The minimum absolute atomic E-state index is 0.00509. The molecule has 0 atom stereocenters. The second-order valence-electron chi connectivity index (χ2n) is 8.98. The normalized spacial score (nSPS) is 14.2. The number of nitrogens with zero attached hydrogens (tertiary/aromatic N) is 2. The molecule has 0 bridgehead atoms. The predicted molar refractivity (Wildman–Crippen MR) is 136 cm³/mol. The zero-order valence-electron chi connectivity index (χ0n) is 19.9. The molecule has 0 spiro atoms. The van der Waals surface area contributed by atoms with E-state index in [-0.39, 0.29) is 44.4 Å². The van der Waals surface area contributed by atoms with Crippen molar-refractivity contribution in [1.82, 2.24) is 0 Å². The Morgan fingerprint density at radius 2 is 0.800 bits per heavy atom. The lowest BCUT2D eigenvalue weighted by molar-refractivity contribution is 0.0682. The monoisotopic (exact) mass is 538 g/mol. The summed E-state index contributed by atoms with van der Waals surface area (Å²) in [6.07, 6.45) is 0. The number of imide groups is 2. The molecule has 0 aliphatic carbocycles. The van der Waals surface area contributed by atoms with Crippen molar-refractivity contribution in [1.29, 1.82) is 0 Å². The maximum absolute atomic E-state index is 13.5. The van der Waals surface area contributed by atoms with Gasteiger partial charge in [0.25, 0.3) is 23.6 Å². The summed E-state index contributed by atoms with van der Waals surface area (Å²) in [4.78, 5) is 78.0. The van der Waals surface area contributed by atoms with Crippen molar-refractivity contribution < 1.29 is 49.2 Å². The fraction of sp³-hybridized carbons (Fsp3) is 0. The number of aromatic hydroxyl groups is 2. The first-order valence-electron chi connectivity index (χ1n) is 11.5. The van der Waals surface area contributed by atoms with Gasteiger partial charge in [0.1, 0.15) is 22.6 Å². The molecular weight excluding hydrogens is 524 g/mol. The van der Waals surface area contributed by atoms with E-state index in [1.165, 1.54) is 36.4 Å². The van der Waals surface area contributed by atoms with Crippen LogP contribution in [-0.2, 0) is 0 Å². The molecule has 6 rings (SSSR count). The molecule has 2 aliphatic rings. The van der Waals surface area contributed by atoms with Crippen molar-refractivity contribution in [2.24, 2.45) is 0 Å². The van der Waals surface area contributed by atoms with Crippen molar-refractivity contribution in [3.05, 3.63) is 94.0 Å². The van der Waals surface area contributed by atoms with Crippen LogP contribution in [0.15, 0.2) is 60.7 Å². The van der Waals surface area contributed by atoms with Gasteiger partial charge in [0.05, 0.1) is 11.4 Å². The van der Waals surface area contributed by atoms with E-state index in [1.807, 2.05) is 0 Å². The second kappa shape index (κ2) is 8.23. The highest BCUT2D eigenvalue weighted by atomic mass is 16.4. The van der Waals surface area contributed by atoms with E-state index in [0.717, 1.165) is 34.1 Å². The van der Waals surface area contributed by atoms with Gasteiger partial charge in [-0.25, -0.2) is 19.4 Å². The third-order valence-electron chi connectivity index (χ3n) is 6.83. The van der Waals surface area contributed by atoms with Crippen LogP contribution in [-0.4, -0.2) is 56.0 Å². The first kappa shape index (κ1) is 24.3. The first-order chi connectivity index (χ1) is 19.0. The second-order valence-corrected chi connectivity index (χ2v) is 8.98. The minimum Gasteiger partial charge on any atom is -0.507 e. The Balaban J connectivity index is 1.49. The number of carbonyl (C=O) groups excluding carboxylic acids is 4. The van der Waals surface area contributed by atoms with E-state index < -0.39 is 58.2 Å². The number of phenols is 2. The minimum atomic E-state index is -1.40. The van der Waals surface area contributed by atoms with E-state index in [9.17, 15) is 39.0 Å². The average Bonchev–Trinajstić information content (AvgIpc) is 2.90. The SMILES string of the molecule is O=C(O)c1ccc(N2C(=O)c3ccc4c5c(ccc(c35)C2=O)C(=O)N(c2ccc(C(=O)O)c(O)c2)C4=O)cc1O. The first-order valence-corrected chi connectivity index (χ1v) is 11.5. The maximum atomic E-state index is 13.5. The van der Waals surface area contributed by atoms with Crippen LogP contribution < -0.4 is 9.80 Å². The Hall–Kier alpha value is -6.04. The number of benzene rings is 4. The van der Waals surface area contributed by atoms with Gasteiger partial charge in [0.2, 0.25) is 0 Å². The van der Waals surface area contributed by atoms with Gasteiger partial charge in [-0.3, -0.25) is 19.2 Å². The predicted octanol–water partition coefficient (Wildman–Crippen LogP) is 3.25. The summed E-state index contributed by atoms with van der Waals surface area (Å²) >= 11 is 0. The van der Waals surface area contributed by atoms with Crippen LogP contribution in [0.4, 0.5) is 11.4 Å². The Labute approximate surface area is 222 Å². The van der Waals surface area contributed by atoms with Crippen molar-refractivity contribution >= 4 is 57.7 Å². The largest absolute Gasteiger partial charge is 0.507 e. The van der Waals surface area contributed by atoms with Crippen molar-refractivity contribution in [2.75, 3.05) is 9.80 Å². The summed E-state index contributed by atoms with van der Waals surface area (Å²) in [5.41, 5.74) is -1.04. The molecule has 0 unspecified atom stereocenters. The molecule has 0 radical (unpaired) electrons. The van der Waals surface area contributed by atoms with E-state index in [0.29, 0.717) is 0 Å². The van der Waals surface area contributed by atoms with Gasteiger partial charge < -0.3 is 20.4 Å². The number of rotatable bonds is 4. The highest BCUT2D eigenvalue weighted by Crippen LogP contribution is 2.41. The number of hydrogen-bond donors (Lipinski definition) is 4. The molecule has 4 aromatic carbocycles. The Bertz CT molecular complexity index is 1720. The number of carboxylic acid groups (broad SMARTS) is 2. The smallest absolute Gasteiger partial charge is 0.339 e. The van der Waals surface area contributed by atoms with Crippen molar-refractivity contribution in [3.8, 4) is 11.5 Å². The summed E-state index contributed by atoms with van der Waals surface area (Å²) in [5, 5.41) is 38.7. The van der Waals surface area contributed by atoms with Gasteiger partial charge in [-0.05, 0) is 48.5 Å². The van der Waals surface area contributed by atoms with Crippen LogP contribution in [0, 0.1) is 0 Å². The molecule has 0 fully saturated rings. The number of anilines is 2. The van der Waals surface area contributed by atoms with Crippen LogP contribution in [0.1, 0.15) is 62.1 Å². The Kier molecular flexibility index (Phi) is 5.00. The Morgan fingerprint density at radius 1 is 0.500 bits per heavy atom. The van der Waals surface area contributed by atoms with E-state index in [1.54, 1.807) is 0 Å². The van der Waals surface area contributed by atoms with E-state index in [2.05, 4.69) is 0 Å². The van der Waals surface area contributed by atoms with E-state index >= 15 is 0 Å². The van der Waals surface area contributed by atoms with Gasteiger partial charge in [0, 0.05) is 45.2 Å². The van der Waals surface area contributed by atoms with Crippen LogP contribution in [0.2, 0.25) is 0 Å². The third-order valence-corrected chi connectivity index (χ3v) is 6.83. The number of carbonyl (C=O) groups is 6. The van der Waals surface area contributed by atoms with Gasteiger partial charge in [-0.15, -0.1) is 0 Å². The molecule has 0 saturated heterocycles. The maximum Gasteiger partial charge on any atom is 0.339 e. The van der Waals surface area contributed by atoms with Gasteiger partial charge in [-0.2, -0.15) is 0 Å². The van der Waals surface area contributed by atoms with E-state index in [4.69, 9.17) is 10.2 Å². The number of aromatic carboxylic acids is 2. The standard InChI is InChI=1S/C28H14N2O10/c31-19-9-11(1-3-13(19)27(37)38)29-23(33)15-5-7-17-22-18(8-6-16(21(15)22)24(29)34)26(36)30(25(17)35)12-2-4-14(28(39)40)20(32)10-12/h1-10,31-32H,(H,37,38)(H,39,40). The van der Waals surface area contributed by atoms with Crippen molar-refractivity contribution in [3.63, 3.8) is 0 Å². The summed E-state index contributed by atoms with van der Waals surface area (Å²) in [6.45, 7) is 0. The van der Waals surface area contributed by atoms with Crippen molar-refractivity contribution in [2.45, 2.75) is 0 Å². The fourth-order valence-electron chi connectivity index (χ4n) is 5.02. The summed E-state index contributed by atoms with van der Waals surface area (Å²) in [6, 6.07) is 11.7. The number of amides is 4. The highest BCUT2D eigenvalue weighted by Gasteiger charge is 2.41. The molecule has 4 N–H and O–H groups in total. The summed E-state index contributed by atoms with van der Waals surface area (Å²) in [5.74, 6) is -7.38. The molecule has 196 valence electrons. The molecule has 40 heavy (non-hydrogen) atoms. The summed E-state index contributed by atoms with van der Waals surface area (Å²) in [7, 11) is 0. The molecule has 0 aromatic heterocycles. The molecule has 12 nitrogen and oxygen atoms in total.